The highest BCUT2D eigenvalue weighted by Crippen LogP contribution is 2.29. The first-order chi connectivity index (χ1) is 7.24. The van der Waals surface area contributed by atoms with E-state index in [-0.39, 0.29) is 0 Å². The van der Waals surface area contributed by atoms with E-state index in [2.05, 4.69) is 11.9 Å². The monoisotopic (exact) mass is 223 g/mol. The Morgan fingerprint density at radius 2 is 2.27 bits per heavy atom. The molecule has 2 rings (SSSR count). The maximum atomic E-state index is 6.14. The topological polar surface area (TPSA) is 41.6 Å². The molecular formula is C11H14ClN3. The van der Waals surface area contributed by atoms with Gasteiger partial charge in [0.2, 0.25) is 0 Å². The fourth-order valence-corrected chi connectivity index (χ4v) is 2.05. The van der Waals surface area contributed by atoms with E-state index in [9.17, 15) is 0 Å². The molecule has 0 fully saturated rings. The summed E-state index contributed by atoms with van der Waals surface area (Å²) in [6, 6.07) is 8.05. The van der Waals surface area contributed by atoms with Crippen molar-refractivity contribution in [2.24, 2.45) is 10.7 Å². The third kappa shape index (κ3) is 1.79. The molecule has 0 radical (unpaired) electrons. The fraction of sp³-hybridized carbons (Fsp3) is 0.364. The van der Waals surface area contributed by atoms with Crippen LogP contribution in [0.15, 0.2) is 29.3 Å². The van der Waals surface area contributed by atoms with Crippen molar-refractivity contribution in [3.05, 3.63) is 29.3 Å². The molecule has 0 saturated carbocycles. The molecule has 1 aromatic carbocycles. The number of anilines is 1. The number of para-hydroxylation sites is 1. The molecule has 2 N–H and O–H groups in total. The van der Waals surface area contributed by atoms with Crippen molar-refractivity contribution in [2.75, 3.05) is 11.4 Å². The summed E-state index contributed by atoms with van der Waals surface area (Å²) < 4.78 is 0. The minimum atomic E-state index is 0.338. The SMILES string of the molecule is CCC1CN=C(N)N1c1ccccc1Cl. The number of rotatable bonds is 2. The highest BCUT2D eigenvalue weighted by Gasteiger charge is 2.26. The van der Waals surface area contributed by atoms with Crippen molar-refractivity contribution in [2.45, 2.75) is 19.4 Å². The highest BCUT2D eigenvalue weighted by atomic mass is 35.5. The fourth-order valence-electron chi connectivity index (χ4n) is 1.82. The number of nitrogens with zero attached hydrogens (tertiary/aromatic N) is 2. The summed E-state index contributed by atoms with van der Waals surface area (Å²) in [7, 11) is 0. The lowest BCUT2D eigenvalue weighted by atomic mass is 10.2. The van der Waals surface area contributed by atoms with Gasteiger partial charge in [-0.25, -0.2) is 0 Å². The van der Waals surface area contributed by atoms with Gasteiger partial charge in [-0.15, -0.1) is 0 Å². The van der Waals surface area contributed by atoms with Gasteiger partial charge in [-0.05, 0) is 18.6 Å². The molecule has 15 heavy (non-hydrogen) atoms. The summed E-state index contributed by atoms with van der Waals surface area (Å²) in [5, 5.41) is 0.719. The molecule has 80 valence electrons. The number of benzene rings is 1. The smallest absolute Gasteiger partial charge is 0.196 e. The molecule has 0 saturated heterocycles. The number of nitrogens with two attached hydrogens (primary N) is 1. The van der Waals surface area contributed by atoms with E-state index in [1.54, 1.807) is 0 Å². The lowest BCUT2D eigenvalue weighted by Gasteiger charge is -2.26. The van der Waals surface area contributed by atoms with Crippen LogP contribution in [0.1, 0.15) is 13.3 Å². The lowest BCUT2D eigenvalue weighted by molar-refractivity contribution is 0.684. The quantitative estimate of drug-likeness (QED) is 0.836. The van der Waals surface area contributed by atoms with Gasteiger partial charge in [0.1, 0.15) is 0 Å². The van der Waals surface area contributed by atoms with Crippen molar-refractivity contribution in [3.63, 3.8) is 0 Å². The lowest BCUT2D eigenvalue weighted by Crippen LogP contribution is -2.40. The molecule has 1 heterocycles. The molecule has 0 aliphatic carbocycles. The van der Waals surface area contributed by atoms with Crippen LogP contribution in [0.25, 0.3) is 0 Å². The van der Waals surface area contributed by atoms with Crippen molar-refractivity contribution >= 4 is 23.2 Å². The summed E-state index contributed by atoms with van der Waals surface area (Å²) in [5.74, 6) is 0.565. The molecule has 1 unspecified atom stereocenters. The van der Waals surface area contributed by atoms with Crippen LogP contribution >= 0.6 is 11.6 Å². The van der Waals surface area contributed by atoms with Crippen molar-refractivity contribution in [1.82, 2.24) is 0 Å². The average Bonchev–Trinajstić information content (AvgIpc) is 2.60. The molecule has 0 spiro atoms. The van der Waals surface area contributed by atoms with Gasteiger partial charge < -0.3 is 10.6 Å². The molecular weight excluding hydrogens is 210 g/mol. The molecule has 1 aromatic rings. The molecule has 1 atom stereocenters. The molecule has 0 amide bonds. The third-order valence-corrected chi connectivity index (χ3v) is 2.98. The Bertz CT molecular complexity index is 389. The summed E-state index contributed by atoms with van der Waals surface area (Å²) in [6.07, 6.45) is 1.01. The second-order valence-electron chi connectivity index (χ2n) is 3.58. The molecule has 1 aliphatic heterocycles. The Morgan fingerprint density at radius 3 is 2.93 bits per heavy atom. The van der Waals surface area contributed by atoms with E-state index >= 15 is 0 Å². The number of hydrogen-bond acceptors (Lipinski definition) is 3. The van der Waals surface area contributed by atoms with Gasteiger partial charge in [-0.3, -0.25) is 4.99 Å². The van der Waals surface area contributed by atoms with Crippen LogP contribution in [-0.4, -0.2) is 18.5 Å². The van der Waals surface area contributed by atoms with Gasteiger partial charge in [-0.2, -0.15) is 0 Å². The van der Waals surface area contributed by atoms with Gasteiger partial charge in [0, 0.05) is 0 Å². The van der Waals surface area contributed by atoms with E-state index in [4.69, 9.17) is 17.3 Å². The van der Waals surface area contributed by atoms with Gasteiger partial charge in [-0.1, -0.05) is 30.7 Å². The zero-order chi connectivity index (χ0) is 10.8. The van der Waals surface area contributed by atoms with E-state index in [1.165, 1.54) is 0 Å². The average molecular weight is 224 g/mol. The second kappa shape index (κ2) is 4.11. The number of halogens is 1. The van der Waals surface area contributed by atoms with E-state index in [0.29, 0.717) is 12.0 Å². The molecule has 1 aliphatic rings. The molecule has 4 heteroatoms. The van der Waals surface area contributed by atoms with Crippen LogP contribution in [0.5, 0.6) is 0 Å². The zero-order valence-electron chi connectivity index (χ0n) is 8.65. The van der Waals surface area contributed by atoms with Crippen LogP contribution in [0.2, 0.25) is 5.02 Å². The number of aliphatic imine (C=N–C) groups is 1. The zero-order valence-corrected chi connectivity index (χ0v) is 9.41. The Balaban J connectivity index is 2.37. The van der Waals surface area contributed by atoms with Gasteiger partial charge in [0.25, 0.3) is 0 Å². The van der Waals surface area contributed by atoms with Gasteiger partial charge in [0.15, 0.2) is 5.96 Å². The maximum absolute atomic E-state index is 6.14. The molecule has 0 bridgehead atoms. The molecule has 0 aromatic heterocycles. The van der Waals surface area contributed by atoms with Crippen molar-refractivity contribution in [3.8, 4) is 0 Å². The second-order valence-corrected chi connectivity index (χ2v) is 3.99. The summed E-state index contributed by atoms with van der Waals surface area (Å²) >= 11 is 6.14. The first-order valence-electron chi connectivity index (χ1n) is 5.07. The van der Waals surface area contributed by atoms with Crippen LogP contribution in [0.3, 0.4) is 0 Å². The largest absolute Gasteiger partial charge is 0.370 e. The van der Waals surface area contributed by atoms with Crippen LogP contribution in [0.4, 0.5) is 5.69 Å². The Hall–Kier alpha value is -1.22. The van der Waals surface area contributed by atoms with E-state index in [1.807, 2.05) is 29.2 Å². The highest BCUT2D eigenvalue weighted by molar-refractivity contribution is 6.33. The first-order valence-corrected chi connectivity index (χ1v) is 5.45. The van der Waals surface area contributed by atoms with E-state index in [0.717, 1.165) is 23.7 Å². The predicted octanol–water partition coefficient (Wildman–Crippen LogP) is 2.25. The Labute approximate surface area is 94.5 Å². The Kier molecular flexibility index (Phi) is 2.82. The number of hydrogen-bond donors (Lipinski definition) is 1. The summed E-state index contributed by atoms with van der Waals surface area (Å²) in [5.41, 5.74) is 6.81. The van der Waals surface area contributed by atoms with Crippen molar-refractivity contribution < 1.29 is 0 Å². The van der Waals surface area contributed by atoms with Gasteiger partial charge >= 0.3 is 0 Å². The van der Waals surface area contributed by atoms with Crippen LogP contribution in [0, 0.1) is 0 Å². The van der Waals surface area contributed by atoms with Gasteiger partial charge in [0.05, 0.1) is 23.3 Å². The molecule has 3 nitrogen and oxygen atoms in total. The first kappa shape index (κ1) is 10.3. The van der Waals surface area contributed by atoms with Crippen molar-refractivity contribution in [1.29, 1.82) is 0 Å². The Morgan fingerprint density at radius 1 is 1.53 bits per heavy atom. The predicted molar refractivity (Wildman–Crippen MR) is 64.5 cm³/mol. The maximum Gasteiger partial charge on any atom is 0.196 e. The van der Waals surface area contributed by atoms with Crippen LogP contribution in [-0.2, 0) is 0 Å². The summed E-state index contributed by atoms with van der Waals surface area (Å²) in [4.78, 5) is 6.27. The summed E-state index contributed by atoms with van der Waals surface area (Å²) in [6.45, 7) is 2.89. The minimum absolute atomic E-state index is 0.338. The number of guanidine groups is 1. The standard InChI is InChI=1S/C11H14ClN3/c1-2-8-7-14-11(13)15(8)10-6-4-3-5-9(10)12/h3-6,8H,2,7H2,1H3,(H2,13,14). The van der Waals surface area contributed by atoms with E-state index < -0.39 is 0 Å². The van der Waals surface area contributed by atoms with Crippen LogP contribution < -0.4 is 10.6 Å². The third-order valence-electron chi connectivity index (χ3n) is 2.66. The minimum Gasteiger partial charge on any atom is -0.370 e. The normalized spacial score (nSPS) is 20.5.